The van der Waals surface area contributed by atoms with Crippen molar-refractivity contribution in [1.29, 1.82) is 0 Å². The third kappa shape index (κ3) is 1.52. The minimum absolute atomic E-state index is 0.903. The van der Waals surface area contributed by atoms with Crippen LogP contribution in [0.4, 0.5) is 0 Å². The highest BCUT2D eigenvalue weighted by atomic mass is 16.6. The Hall–Kier alpha value is -0.200. The molecule has 5 nitrogen and oxygen atoms in total. The van der Waals surface area contributed by atoms with Crippen molar-refractivity contribution in [1.82, 2.24) is 0 Å². The molecule has 0 bridgehead atoms. The van der Waals surface area contributed by atoms with Gasteiger partial charge in [0.15, 0.2) is 6.29 Å². The number of aliphatic hydroxyl groups is 4. The molecule has 11 heavy (non-hydrogen) atoms. The molecule has 0 aliphatic carbocycles. The van der Waals surface area contributed by atoms with E-state index in [-0.39, 0.29) is 0 Å². The van der Waals surface area contributed by atoms with Gasteiger partial charge in [0.05, 0.1) is 6.10 Å². The maximum Gasteiger partial charge on any atom is 0.184 e. The van der Waals surface area contributed by atoms with Crippen LogP contribution in [-0.2, 0) is 4.74 Å². The predicted molar refractivity (Wildman–Crippen MR) is 34.6 cm³/mol. The van der Waals surface area contributed by atoms with Crippen molar-refractivity contribution in [2.75, 3.05) is 0 Å². The van der Waals surface area contributed by atoms with Gasteiger partial charge in [0.1, 0.15) is 18.3 Å². The average molecular weight is 164 g/mol. The maximum atomic E-state index is 9.10. The Labute approximate surface area is 63.8 Å². The van der Waals surface area contributed by atoms with Crippen LogP contribution in [0, 0.1) is 0 Å². The molecule has 5 atom stereocenters. The molecule has 1 saturated heterocycles. The van der Waals surface area contributed by atoms with Crippen LogP contribution in [-0.4, -0.2) is 51.1 Å². The fraction of sp³-hybridized carbons (Fsp3) is 1.00. The Bertz CT molecular complexity index is 137. The molecule has 1 unspecified atom stereocenters. The highest BCUT2D eigenvalue weighted by molar-refractivity contribution is 4.88. The third-order valence-corrected chi connectivity index (χ3v) is 1.75. The minimum atomic E-state index is -1.40. The van der Waals surface area contributed by atoms with E-state index in [1.807, 2.05) is 0 Å². The van der Waals surface area contributed by atoms with Gasteiger partial charge in [0.25, 0.3) is 0 Å². The van der Waals surface area contributed by atoms with Crippen molar-refractivity contribution in [3.8, 4) is 0 Å². The molecule has 0 spiro atoms. The molecule has 1 fully saturated rings. The molecule has 1 rings (SSSR count). The number of aliphatic hydroxyl groups excluding tert-OH is 4. The molecule has 0 aromatic carbocycles. The zero-order chi connectivity index (χ0) is 8.59. The summed E-state index contributed by atoms with van der Waals surface area (Å²) in [5, 5.41) is 35.8. The molecule has 1 aliphatic heterocycles. The summed E-state index contributed by atoms with van der Waals surface area (Å²) in [5.41, 5.74) is 0. The molecule has 0 aromatic rings. The van der Waals surface area contributed by atoms with Crippen LogP contribution in [0.25, 0.3) is 0 Å². The van der Waals surface area contributed by atoms with Gasteiger partial charge in [-0.3, -0.25) is 0 Å². The molecule has 1 aliphatic rings. The molecule has 0 radical (unpaired) electrons. The maximum absolute atomic E-state index is 9.10. The first-order valence-corrected chi connectivity index (χ1v) is 3.41. The smallest absolute Gasteiger partial charge is 0.184 e. The SMILES string of the molecule is CC(O)[C@@H]1O[C@@H](O)[C@H](O)[C@@H]1O. The molecule has 4 N–H and O–H groups in total. The second kappa shape index (κ2) is 3.04. The van der Waals surface area contributed by atoms with Crippen LogP contribution in [0.5, 0.6) is 0 Å². The summed E-state index contributed by atoms with van der Waals surface area (Å²) >= 11 is 0. The Morgan fingerprint density at radius 2 is 1.73 bits per heavy atom. The molecule has 1 heterocycles. The van der Waals surface area contributed by atoms with Gasteiger partial charge >= 0.3 is 0 Å². The summed E-state index contributed by atoms with van der Waals surface area (Å²) in [5.74, 6) is 0. The zero-order valence-corrected chi connectivity index (χ0v) is 6.08. The van der Waals surface area contributed by atoms with Crippen molar-refractivity contribution < 1.29 is 25.2 Å². The molecular weight excluding hydrogens is 152 g/mol. The minimum Gasteiger partial charge on any atom is -0.391 e. The lowest BCUT2D eigenvalue weighted by Crippen LogP contribution is -2.37. The summed E-state index contributed by atoms with van der Waals surface area (Å²) in [6.07, 6.45) is -5.75. The van der Waals surface area contributed by atoms with E-state index in [0.29, 0.717) is 0 Å². The third-order valence-electron chi connectivity index (χ3n) is 1.75. The fourth-order valence-electron chi connectivity index (χ4n) is 1.08. The molecule has 0 aromatic heterocycles. The van der Waals surface area contributed by atoms with Gasteiger partial charge in [-0.15, -0.1) is 0 Å². The Morgan fingerprint density at radius 1 is 1.18 bits per heavy atom. The lowest BCUT2D eigenvalue weighted by molar-refractivity contribution is -0.143. The van der Waals surface area contributed by atoms with Crippen LogP contribution in [0.15, 0.2) is 0 Å². The van der Waals surface area contributed by atoms with E-state index >= 15 is 0 Å². The first-order valence-electron chi connectivity index (χ1n) is 3.41. The molecule has 66 valence electrons. The van der Waals surface area contributed by atoms with Crippen molar-refractivity contribution in [3.05, 3.63) is 0 Å². The second-order valence-electron chi connectivity index (χ2n) is 2.71. The van der Waals surface area contributed by atoms with E-state index in [1.165, 1.54) is 6.92 Å². The Balaban J connectivity index is 2.59. The first-order chi connectivity index (χ1) is 5.04. The normalized spacial score (nSPS) is 47.7. The molecular formula is C6H12O5. The van der Waals surface area contributed by atoms with Crippen LogP contribution in [0.1, 0.15) is 6.92 Å². The van der Waals surface area contributed by atoms with E-state index < -0.39 is 30.7 Å². The van der Waals surface area contributed by atoms with Crippen molar-refractivity contribution in [2.45, 2.75) is 37.6 Å². The van der Waals surface area contributed by atoms with Crippen molar-refractivity contribution >= 4 is 0 Å². The molecule has 0 amide bonds. The van der Waals surface area contributed by atoms with Crippen molar-refractivity contribution in [3.63, 3.8) is 0 Å². The zero-order valence-electron chi connectivity index (χ0n) is 6.08. The number of rotatable bonds is 1. The highest BCUT2D eigenvalue weighted by Gasteiger charge is 2.43. The molecule has 0 saturated carbocycles. The number of ether oxygens (including phenoxy) is 1. The standard InChI is InChI=1S/C6H12O5/c1-2(7)5-3(8)4(9)6(10)11-5/h2-10H,1H3/t2?,3-,4+,5-,6+/m0/s1. The monoisotopic (exact) mass is 164 g/mol. The quantitative estimate of drug-likeness (QED) is 0.353. The van der Waals surface area contributed by atoms with E-state index in [1.54, 1.807) is 0 Å². The van der Waals surface area contributed by atoms with E-state index in [4.69, 9.17) is 20.4 Å². The molecule has 5 heteroatoms. The van der Waals surface area contributed by atoms with E-state index in [9.17, 15) is 0 Å². The van der Waals surface area contributed by atoms with Crippen LogP contribution in [0.3, 0.4) is 0 Å². The summed E-state index contributed by atoms with van der Waals surface area (Å²) in [7, 11) is 0. The first kappa shape index (κ1) is 8.89. The highest BCUT2D eigenvalue weighted by Crippen LogP contribution is 2.21. The lowest BCUT2D eigenvalue weighted by Gasteiger charge is -2.16. The van der Waals surface area contributed by atoms with Gasteiger partial charge in [-0.2, -0.15) is 0 Å². The van der Waals surface area contributed by atoms with E-state index in [0.717, 1.165) is 0 Å². The van der Waals surface area contributed by atoms with Gasteiger partial charge in [0.2, 0.25) is 0 Å². The average Bonchev–Trinajstić information content (AvgIpc) is 2.17. The van der Waals surface area contributed by atoms with Crippen LogP contribution < -0.4 is 0 Å². The van der Waals surface area contributed by atoms with Crippen LogP contribution in [0.2, 0.25) is 0 Å². The van der Waals surface area contributed by atoms with Gasteiger partial charge in [-0.05, 0) is 6.92 Å². The second-order valence-corrected chi connectivity index (χ2v) is 2.71. The van der Waals surface area contributed by atoms with Gasteiger partial charge < -0.3 is 25.2 Å². The van der Waals surface area contributed by atoms with Gasteiger partial charge in [-0.1, -0.05) is 0 Å². The summed E-state index contributed by atoms with van der Waals surface area (Å²) in [6, 6.07) is 0. The van der Waals surface area contributed by atoms with Crippen LogP contribution >= 0.6 is 0 Å². The predicted octanol–water partition coefficient (Wildman–Crippen LogP) is -2.19. The lowest BCUT2D eigenvalue weighted by atomic mass is 10.1. The Morgan fingerprint density at radius 3 is 1.91 bits per heavy atom. The summed E-state index contributed by atoms with van der Waals surface area (Å²) in [6.45, 7) is 1.42. The van der Waals surface area contributed by atoms with Gasteiger partial charge in [-0.25, -0.2) is 0 Å². The summed E-state index contributed by atoms with van der Waals surface area (Å²) < 4.78 is 4.65. The van der Waals surface area contributed by atoms with Gasteiger partial charge in [0, 0.05) is 0 Å². The largest absolute Gasteiger partial charge is 0.391 e. The Kier molecular flexibility index (Phi) is 2.46. The van der Waals surface area contributed by atoms with Crippen molar-refractivity contribution in [2.24, 2.45) is 0 Å². The number of hydrogen-bond acceptors (Lipinski definition) is 5. The summed E-state index contributed by atoms with van der Waals surface area (Å²) in [4.78, 5) is 0. The fourth-order valence-corrected chi connectivity index (χ4v) is 1.08. The van der Waals surface area contributed by atoms with E-state index in [2.05, 4.69) is 4.74 Å². The topological polar surface area (TPSA) is 90.2 Å². The number of hydrogen-bond donors (Lipinski definition) is 4.